The van der Waals surface area contributed by atoms with Crippen molar-refractivity contribution < 1.29 is 23.9 Å². The van der Waals surface area contributed by atoms with Crippen molar-refractivity contribution in [1.29, 1.82) is 0 Å². The molecule has 5 fully saturated rings. The number of piperidine rings is 1. The molecule has 0 aromatic rings. The van der Waals surface area contributed by atoms with Crippen molar-refractivity contribution in [3.63, 3.8) is 0 Å². The largest absolute Gasteiger partial charge is 0.449 e. The van der Waals surface area contributed by atoms with Crippen LogP contribution in [0.3, 0.4) is 0 Å². The summed E-state index contributed by atoms with van der Waals surface area (Å²) in [4.78, 5) is 41.4. The minimum atomic E-state index is -1.04. The van der Waals surface area contributed by atoms with Gasteiger partial charge < -0.3 is 20.9 Å². The van der Waals surface area contributed by atoms with Crippen LogP contribution in [0.25, 0.3) is 0 Å². The first-order valence-electron chi connectivity index (χ1n) is 7.94. The fourth-order valence-electron chi connectivity index (χ4n) is 5.98. The number of hydrogen-bond donors (Lipinski definition) is 2. The second-order valence-electron chi connectivity index (χ2n) is 7.16. The number of methoxy groups -OCH3 is 1. The maximum absolute atomic E-state index is 13.2. The van der Waals surface area contributed by atoms with Crippen molar-refractivity contribution >= 4 is 17.7 Å². The lowest BCUT2D eigenvalue weighted by Crippen LogP contribution is -2.61. The maximum Gasteiger partial charge on any atom is 0.404 e. The average molecular weight is 334 g/mol. The summed E-state index contributed by atoms with van der Waals surface area (Å²) in [6.45, 7) is 2.18. The van der Waals surface area contributed by atoms with E-state index in [9.17, 15) is 14.4 Å². The molecular formula is C15H18N4O5. The van der Waals surface area contributed by atoms with Gasteiger partial charge in [0.05, 0.1) is 23.6 Å². The Labute approximate surface area is 137 Å². The van der Waals surface area contributed by atoms with Crippen molar-refractivity contribution in [3.8, 4) is 0 Å². The van der Waals surface area contributed by atoms with Crippen LogP contribution in [0.1, 0.15) is 6.92 Å². The molecule has 0 saturated carbocycles. The van der Waals surface area contributed by atoms with E-state index in [1.54, 1.807) is 14.0 Å². The summed E-state index contributed by atoms with van der Waals surface area (Å²) in [5, 5.41) is 0. The molecule has 4 N–H and O–H groups in total. The molecule has 6 aliphatic rings. The number of nitrogens with two attached hydrogens (primary N) is 2. The van der Waals surface area contributed by atoms with Gasteiger partial charge in [0.25, 0.3) is 0 Å². The Kier molecular flexibility index (Phi) is 2.29. The normalized spacial score (nSPS) is 52.8. The van der Waals surface area contributed by atoms with E-state index in [-0.39, 0.29) is 36.0 Å². The minimum Gasteiger partial charge on any atom is -0.449 e. The number of carbonyl (C=O) groups is 3. The summed E-state index contributed by atoms with van der Waals surface area (Å²) in [5.41, 5.74) is 9.46. The Hall–Kier alpha value is -1.97. The predicted molar refractivity (Wildman–Crippen MR) is 78.0 cm³/mol. The average Bonchev–Trinajstić information content (AvgIpc) is 2.87. The molecule has 0 aromatic carbocycles. The van der Waals surface area contributed by atoms with E-state index in [1.807, 2.05) is 4.90 Å². The highest BCUT2D eigenvalue weighted by atomic mass is 16.6. The number of amides is 1. The molecule has 9 heteroatoms. The van der Waals surface area contributed by atoms with Crippen LogP contribution in [0.15, 0.2) is 11.3 Å². The highest BCUT2D eigenvalue weighted by molar-refractivity contribution is 6.18. The SMILES string of the molecule is CO[C@]12[C@H](COC(N)=O)[C@H]3C(=O)C(N)=C(C)C(=O)[C@]34N3C(CN14)[C@@H]32. The van der Waals surface area contributed by atoms with Gasteiger partial charge in [-0.25, -0.2) is 9.69 Å². The van der Waals surface area contributed by atoms with Crippen molar-refractivity contribution in [3.05, 3.63) is 11.3 Å². The van der Waals surface area contributed by atoms with Crippen LogP contribution in [0.2, 0.25) is 0 Å². The molecule has 1 spiro atoms. The fraction of sp³-hybridized carbons (Fsp3) is 0.667. The Morgan fingerprint density at radius 2 is 2.12 bits per heavy atom. The second kappa shape index (κ2) is 3.81. The fourth-order valence-corrected chi connectivity index (χ4v) is 5.98. The highest BCUT2D eigenvalue weighted by Crippen LogP contribution is 2.75. The van der Waals surface area contributed by atoms with E-state index in [0.717, 1.165) is 0 Å². The van der Waals surface area contributed by atoms with Gasteiger partial charge in [0, 0.05) is 25.3 Å². The highest BCUT2D eigenvalue weighted by Gasteiger charge is 2.95. The molecule has 6 rings (SSSR count). The standard InChI is InChI=1S/C15H18N4O5/c1-5-9(16)10(20)8-6(4-24-13(17)22)15(23-2)11-7-3-18(15)14(8,12(5)21)19(7)11/h6-8,11H,3-4,16H2,1-2H3,(H2,17,22)/t6-,7?,8+,11-,14-,15+,19?/m1/s1. The molecule has 9 nitrogen and oxygen atoms in total. The number of rotatable bonds is 3. The minimum absolute atomic E-state index is 0.00435. The van der Waals surface area contributed by atoms with E-state index in [1.165, 1.54) is 0 Å². The van der Waals surface area contributed by atoms with Crippen LogP contribution in [-0.2, 0) is 19.1 Å². The molecule has 5 saturated heterocycles. The van der Waals surface area contributed by atoms with E-state index >= 15 is 0 Å². The van der Waals surface area contributed by atoms with E-state index in [2.05, 4.69) is 4.90 Å². The third-order valence-electron chi connectivity index (χ3n) is 6.68. The van der Waals surface area contributed by atoms with Crippen LogP contribution < -0.4 is 11.5 Å². The van der Waals surface area contributed by atoms with Gasteiger partial charge in [-0.3, -0.25) is 14.5 Å². The summed E-state index contributed by atoms with van der Waals surface area (Å²) in [7, 11) is 1.57. The van der Waals surface area contributed by atoms with Crippen LogP contribution in [0.5, 0.6) is 0 Å². The molecule has 24 heavy (non-hydrogen) atoms. The molecule has 0 radical (unpaired) electrons. The molecular weight excluding hydrogens is 316 g/mol. The summed E-state index contributed by atoms with van der Waals surface area (Å²) in [6.07, 6.45) is -0.914. The summed E-state index contributed by atoms with van der Waals surface area (Å²) in [5.74, 6) is -1.61. The van der Waals surface area contributed by atoms with E-state index in [0.29, 0.717) is 12.1 Å². The first-order valence-corrected chi connectivity index (χ1v) is 7.94. The second-order valence-corrected chi connectivity index (χ2v) is 7.16. The Morgan fingerprint density at radius 3 is 2.71 bits per heavy atom. The van der Waals surface area contributed by atoms with Gasteiger partial charge in [0.15, 0.2) is 17.2 Å². The first-order chi connectivity index (χ1) is 11.3. The molecule has 128 valence electrons. The van der Waals surface area contributed by atoms with Gasteiger partial charge in [0.1, 0.15) is 12.3 Å². The van der Waals surface area contributed by atoms with Gasteiger partial charge in [-0.1, -0.05) is 0 Å². The monoisotopic (exact) mass is 334 g/mol. The topological polar surface area (TPSA) is 128 Å². The van der Waals surface area contributed by atoms with E-state index < -0.39 is 29.3 Å². The lowest BCUT2D eigenvalue weighted by molar-refractivity contribution is -0.141. The van der Waals surface area contributed by atoms with Crippen LogP contribution in [0.4, 0.5) is 4.79 Å². The number of primary amides is 1. The Bertz CT molecular complexity index is 765. The number of ether oxygens (including phenoxy) is 2. The third kappa shape index (κ3) is 1.08. The first kappa shape index (κ1) is 14.4. The van der Waals surface area contributed by atoms with Crippen molar-refractivity contribution in [2.45, 2.75) is 30.4 Å². The van der Waals surface area contributed by atoms with Gasteiger partial charge >= 0.3 is 6.09 Å². The van der Waals surface area contributed by atoms with Gasteiger partial charge in [-0.15, -0.1) is 0 Å². The Balaban J connectivity index is 1.70. The molecule has 5 heterocycles. The zero-order valence-corrected chi connectivity index (χ0v) is 13.3. The lowest BCUT2D eigenvalue weighted by atomic mass is 9.69. The summed E-state index contributed by atoms with van der Waals surface area (Å²) in [6, 6.07) is 0.221. The number of hydrogen-bond acceptors (Lipinski definition) is 8. The van der Waals surface area contributed by atoms with Gasteiger partial charge in [-0.2, -0.15) is 0 Å². The number of ketones is 2. The molecule has 3 unspecified atom stereocenters. The van der Waals surface area contributed by atoms with Crippen LogP contribution in [0, 0.1) is 11.8 Å². The number of nitrogens with zero attached hydrogens (tertiary/aromatic N) is 2. The maximum atomic E-state index is 13.2. The van der Waals surface area contributed by atoms with Crippen LogP contribution in [-0.4, -0.2) is 71.2 Å². The molecule has 1 aliphatic carbocycles. The van der Waals surface area contributed by atoms with Crippen molar-refractivity contribution in [2.75, 3.05) is 20.3 Å². The van der Waals surface area contributed by atoms with Crippen molar-refractivity contribution in [2.24, 2.45) is 23.3 Å². The van der Waals surface area contributed by atoms with Gasteiger partial charge in [0.2, 0.25) is 0 Å². The number of piperazine rings is 1. The zero-order chi connectivity index (χ0) is 17.2. The number of Topliss-reactive ketones (excluding diaryl/α,β-unsaturated/α-hetero) is 2. The van der Waals surface area contributed by atoms with Crippen molar-refractivity contribution in [1.82, 2.24) is 9.80 Å². The van der Waals surface area contributed by atoms with Crippen LogP contribution >= 0.6 is 0 Å². The van der Waals surface area contributed by atoms with Gasteiger partial charge in [-0.05, 0) is 6.92 Å². The number of carbonyl (C=O) groups excluding carboxylic acids is 3. The summed E-state index contributed by atoms with van der Waals surface area (Å²) < 4.78 is 10.9. The third-order valence-corrected chi connectivity index (χ3v) is 6.68. The molecule has 0 aromatic heterocycles. The molecule has 5 aliphatic heterocycles. The lowest BCUT2D eigenvalue weighted by Gasteiger charge is -2.40. The smallest absolute Gasteiger partial charge is 0.404 e. The quantitative estimate of drug-likeness (QED) is 0.575. The summed E-state index contributed by atoms with van der Waals surface area (Å²) >= 11 is 0. The predicted octanol–water partition coefficient (Wildman–Crippen LogP) is -1.87. The Morgan fingerprint density at radius 1 is 1.42 bits per heavy atom. The number of allylic oxidation sites excluding steroid dienone is 1. The van der Waals surface area contributed by atoms with E-state index in [4.69, 9.17) is 20.9 Å². The molecule has 8 atom stereocenters. The zero-order valence-electron chi connectivity index (χ0n) is 13.3. The molecule has 1 amide bonds. The molecule has 6 bridgehead atoms.